The third-order valence-electron chi connectivity index (χ3n) is 2.17. The normalized spacial score (nSPS) is 11.1. The molecule has 0 aliphatic rings. The fraction of sp³-hybridized carbons (Fsp3) is 0.417. The van der Waals surface area contributed by atoms with Gasteiger partial charge in [0.1, 0.15) is 5.82 Å². The zero-order valence-electron chi connectivity index (χ0n) is 8.76. The van der Waals surface area contributed by atoms with Gasteiger partial charge in [0.25, 0.3) is 0 Å². The Morgan fingerprint density at radius 2 is 2.07 bits per heavy atom. The first-order valence-corrected chi connectivity index (χ1v) is 4.61. The molecule has 0 saturated carbocycles. The van der Waals surface area contributed by atoms with Crippen molar-refractivity contribution in [2.75, 3.05) is 0 Å². The van der Waals surface area contributed by atoms with Crippen LogP contribution < -0.4 is 0 Å². The second-order valence-corrected chi connectivity index (χ2v) is 4.26. The van der Waals surface area contributed by atoms with E-state index in [-0.39, 0.29) is 11.2 Å². The van der Waals surface area contributed by atoms with Crippen LogP contribution in [0.4, 0.5) is 4.39 Å². The smallest absolute Gasteiger partial charge is 0.126 e. The zero-order chi connectivity index (χ0) is 10.8. The van der Waals surface area contributed by atoms with Crippen molar-refractivity contribution in [1.29, 1.82) is 5.26 Å². The van der Waals surface area contributed by atoms with E-state index in [0.717, 1.165) is 5.56 Å². The lowest BCUT2D eigenvalue weighted by molar-refractivity contribution is 0.492. The molecule has 1 aromatic carbocycles. The molecule has 1 rings (SSSR count). The highest BCUT2D eigenvalue weighted by atomic mass is 19.1. The van der Waals surface area contributed by atoms with Gasteiger partial charge in [-0.1, -0.05) is 12.1 Å². The van der Waals surface area contributed by atoms with E-state index in [0.29, 0.717) is 12.0 Å². The molecule has 0 bridgehead atoms. The molecule has 0 amide bonds. The van der Waals surface area contributed by atoms with Gasteiger partial charge in [-0.3, -0.25) is 0 Å². The quantitative estimate of drug-likeness (QED) is 0.704. The summed E-state index contributed by atoms with van der Waals surface area (Å²) in [6.45, 7) is 5.50. The molecule has 1 aromatic rings. The number of hydrogen-bond donors (Lipinski definition) is 0. The Morgan fingerprint density at radius 1 is 1.43 bits per heavy atom. The van der Waals surface area contributed by atoms with Gasteiger partial charge in [-0.15, -0.1) is 0 Å². The average Bonchev–Trinajstić information content (AvgIpc) is 2.11. The second-order valence-electron chi connectivity index (χ2n) is 4.26. The maximum Gasteiger partial charge on any atom is 0.126 e. The summed E-state index contributed by atoms with van der Waals surface area (Å²) < 4.78 is 12.9. The van der Waals surface area contributed by atoms with Crippen LogP contribution >= 0.6 is 0 Å². The van der Waals surface area contributed by atoms with Crippen LogP contribution in [0.5, 0.6) is 0 Å². The standard InChI is InChI=1S/C12H14FN/c1-9-6-10(4-5-11(9)13)7-12(2,3)8-14/h4-6H,7H2,1-3H3. The first kappa shape index (κ1) is 10.7. The first-order chi connectivity index (χ1) is 6.44. The van der Waals surface area contributed by atoms with E-state index in [1.54, 1.807) is 19.1 Å². The molecule has 0 heterocycles. The van der Waals surface area contributed by atoms with Gasteiger partial charge >= 0.3 is 0 Å². The number of halogens is 1. The van der Waals surface area contributed by atoms with Gasteiger partial charge in [0.2, 0.25) is 0 Å². The van der Waals surface area contributed by atoms with Crippen molar-refractivity contribution in [2.45, 2.75) is 27.2 Å². The van der Waals surface area contributed by atoms with E-state index in [9.17, 15) is 4.39 Å². The number of nitrogens with zero attached hydrogens (tertiary/aromatic N) is 1. The van der Waals surface area contributed by atoms with Crippen LogP contribution in [0.1, 0.15) is 25.0 Å². The monoisotopic (exact) mass is 191 g/mol. The van der Waals surface area contributed by atoms with Gasteiger partial charge in [0.15, 0.2) is 0 Å². The molecule has 0 aromatic heterocycles. The number of nitriles is 1. The minimum Gasteiger partial charge on any atom is -0.207 e. The molecular weight excluding hydrogens is 177 g/mol. The molecule has 0 N–H and O–H groups in total. The Labute approximate surface area is 84.2 Å². The van der Waals surface area contributed by atoms with Gasteiger partial charge in [-0.25, -0.2) is 4.39 Å². The maximum atomic E-state index is 12.9. The molecule has 2 heteroatoms. The third-order valence-corrected chi connectivity index (χ3v) is 2.17. The summed E-state index contributed by atoms with van der Waals surface area (Å²) in [5.41, 5.74) is 1.26. The molecule has 0 saturated heterocycles. The summed E-state index contributed by atoms with van der Waals surface area (Å²) in [5.74, 6) is -0.191. The Kier molecular flexibility index (Phi) is 2.90. The van der Waals surface area contributed by atoms with Crippen molar-refractivity contribution in [3.8, 4) is 6.07 Å². The second kappa shape index (κ2) is 3.79. The molecule has 74 valence electrons. The van der Waals surface area contributed by atoms with Crippen molar-refractivity contribution in [1.82, 2.24) is 0 Å². The highest BCUT2D eigenvalue weighted by Crippen LogP contribution is 2.21. The van der Waals surface area contributed by atoms with E-state index >= 15 is 0 Å². The first-order valence-electron chi connectivity index (χ1n) is 4.61. The van der Waals surface area contributed by atoms with Crippen molar-refractivity contribution in [3.63, 3.8) is 0 Å². The number of aryl methyl sites for hydroxylation is 1. The minimum atomic E-state index is -0.385. The maximum absolute atomic E-state index is 12.9. The van der Waals surface area contributed by atoms with Gasteiger partial charge in [0.05, 0.1) is 11.5 Å². The van der Waals surface area contributed by atoms with Gasteiger partial charge in [-0.2, -0.15) is 5.26 Å². The summed E-state index contributed by atoms with van der Waals surface area (Å²) in [4.78, 5) is 0. The Bertz CT molecular complexity index is 374. The van der Waals surface area contributed by atoms with Crippen LogP contribution in [0.2, 0.25) is 0 Å². The summed E-state index contributed by atoms with van der Waals surface area (Å²) in [7, 11) is 0. The Hall–Kier alpha value is -1.36. The van der Waals surface area contributed by atoms with Crippen LogP contribution in [-0.4, -0.2) is 0 Å². The summed E-state index contributed by atoms with van der Waals surface area (Å²) in [6.07, 6.45) is 0.657. The van der Waals surface area contributed by atoms with E-state index in [1.165, 1.54) is 6.07 Å². The molecule has 0 atom stereocenters. The summed E-state index contributed by atoms with van der Waals surface area (Å²) in [6, 6.07) is 7.22. The molecule has 0 aliphatic heterocycles. The summed E-state index contributed by atoms with van der Waals surface area (Å²) in [5, 5.41) is 8.86. The summed E-state index contributed by atoms with van der Waals surface area (Å²) >= 11 is 0. The fourth-order valence-electron chi connectivity index (χ4n) is 1.37. The highest BCUT2D eigenvalue weighted by Gasteiger charge is 2.17. The molecule has 1 nitrogen and oxygen atoms in total. The third kappa shape index (κ3) is 2.56. The van der Waals surface area contributed by atoms with Crippen LogP contribution in [-0.2, 0) is 6.42 Å². The average molecular weight is 191 g/mol. The number of hydrogen-bond acceptors (Lipinski definition) is 1. The molecule has 14 heavy (non-hydrogen) atoms. The molecule has 0 unspecified atom stereocenters. The van der Waals surface area contributed by atoms with E-state index in [4.69, 9.17) is 5.26 Å². The lowest BCUT2D eigenvalue weighted by atomic mass is 9.87. The van der Waals surface area contributed by atoms with Gasteiger partial charge < -0.3 is 0 Å². The van der Waals surface area contributed by atoms with Crippen LogP contribution in [0.3, 0.4) is 0 Å². The van der Waals surface area contributed by atoms with Crippen molar-refractivity contribution in [2.24, 2.45) is 5.41 Å². The largest absolute Gasteiger partial charge is 0.207 e. The molecule has 0 aliphatic carbocycles. The lowest BCUT2D eigenvalue weighted by Crippen LogP contribution is -2.11. The van der Waals surface area contributed by atoms with Crippen LogP contribution in [0.15, 0.2) is 18.2 Å². The lowest BCUT2D eigenvalue weighted by Gasteiger charge is -2.15. The van der Waals surface area contributed by atoms with Crippen molar-refractivity contribution < 1.29 is 4.39 Å². The topological polar surface area (TPSA) is 23.8 Å². The fourth-order valence-corrected chi connectivity index (χ4v) is 1.37. The minimum absolute atomic E-state index is 0.191. The van der Waals surface area contributed by atoms with Crippen molar-refractivity contribution in [3.05, 3.63) is 35.1 Å². The van der Waals surface area contributed by atoms with Gasteiger partial charge in [-0.05, 0) is 44.4 Å². The van der Waals surface area contributed by atoms with E-state index < -0.39 is 0 Å². The Morgan fingerprint density at radius 3 is 2.57 bits per heavy atom. The number of rotatable bonds is 2. The van der Waals surface area contributed by atoms with Crippen LogP contribution in [0, 0.1) is 29.5 Å². The predicted octanol–water partition coefficient (Wildman–Crippen LogP) is 3.23. The molecule has 0 radical (unpaired) electrons. The number of benzene rings is 1. The highest BCUT2D eigenvalue weighted by molar-refractivity contribution is 5.25. The van der Waals surface area contributed by atoms with E-state index in [2.05, 4.69) is 6.07 Å². The van der Waals surface area contributed by atoms with E-state index in [1.807, 2.05) is 13.8 Å². The molecular formula is C12H14FN. The zero-order valence-corrected chi connectivity index (χ0v) is 8.76. The Balaban J connectivity index is 2.90. The molecule has 0 fully saturated rings. The van der Waals surface area contributed by atoms with Gasteiger partial charge in [0, 0.05) is 0 Å². The predicted molar refractivity (Wildman–Crippen MR) is 54.2 cm³/mol. The molecule has 0 spiro atoms. The SMILES string of the molecule is Cc1cc(CC(C)(C)C#N)ccc1F. The van der Waals surface area contributed by atoms with Crippen LogP contribution in [0.25, 0.3) is 0 Å². The van der Waals surface area contributed by atoms with Crippen molar-refractivity contribution >= 4 is 0 Å².